The smallest absolute Gasteiger partial charge is 0.326 e. The summed E-state index contributed by atoms with van der Waals surface area (Å²) in [6.07, 6.45) is 0.868. The van der Waals surface area contributed by atoms with Gasteiger partial charge < -0.3 is 44.0 Å². The van der Waals surface area contributed by atoms with Crippen LogP contribution in [0.25, 0.3) is 0 Å². The Hall–Kier alpha value is -3.42. The van der Waals surface area contributed by atoms with Gasteiger partial charge in [-0.05, 0) is 37.5 Å². The minimum Gasteiger partial charge on any atom is -0.480 e. The lowest BCUT2D eigenvalue weighted by atomic mass is 9.96. The van der Waals surface area contributed by atoms with Crippen molar-refractivity contribution in [3.63, 3.8) is 0 Å². The van der Waals surface area contributed by atoms with Gasteiger partial charge in [-0.2, -0.15) is 0 Å². The lowest BCUT2D eigenvalue weighted by Gasteiger charge is -2.28. The third kappa shape index (κ3) is 14.0. The molecule has 5 atom stereocenters. The molecule has 14 nitrogen and oxygen atoms in total. The molecule has 0 aliphatic carbocycles. The molecule has 0 spiro atoms. The molecule has 14 heteroatoms. The predicted octanol–water partition coefficient (Wildman–Crippen LogP) is -1.74. The van der Waals surface area contributed by atoms with Crippen LogP contribution in [0.1, 0.15) is 66.2 Å². The summed E-state index contributed by atoms with van der Waals surface area (Å²) in [5.41, 5.74) is 21.7. The molecule has 12 N–H and O–H groups in total. The fourth-order valence-electron chi connectivity index (χ4n) is 3.43. The molecular formula is C23H44N8O6. The number of carbonyl (C=O) groups is 5. The summed E-state index contributed by atoms with van der Waals surface area (Å²) in [7, 11) is 0. The predicted molar refractivity (Wildman–Crippen MR) is 139 cm³/mol. The van der Waals surface area contributed by atoms with Crippen LogP contribution in [0.4, 0.5) is 0 Å². The normalized spacial score (nSPS) is 15.0. The van der Waals surface area contributed by atoms with Crippen LogP contribution in [0, 0.1) is 11.8 Å². The molecule has 37 heavy (non-hydrogen) atoms. The van der Waals surface area contributed by atoms with Gasteiger partial charge in [0.1, 0.15) is 18.1 Å². The van der Waals surface area contributed by atoms with Gasteiger partial charge in [-0.15, -0.1) is 0 Å². The third-order valence-corrected chi connectivity index (χ3v) is 5.73. The van der Waals surface area contributed by atoms with Crippen molar-refractivity contribution in [1.29, 1.82) is 0 Å². The molecule has 0 aromatic carbocycles. The first-order valence-electron chi connectivity index (χ1n) is 12.4. The van der Waals surface area contributed by atoms with Crippen molar-refractivity contribution in [1.82, 2.24) is 16.0 Å². The standard InChI is InChI=1S/C23H44N8O6/c1-5-13(4)18(31-19(33)14(24)11-12(2)3)21(35)29-15(7-6-10-28-23(26)27)20(34)30-16(22(36)37)8-9-17(25)32/h12-16,18H,5-11,24H2,1-4H3,(H2,25,32)(H,29,35)(H,30,34)(H,31,33)(H,36,37)(H4,26,27,28). The minimum absolute atomic E-state index is 0.0740. The van der Waals surface area contributed by atoms with Crippen molar-refractivity contribution in [2.45, 2.75) is 90.4 Å². The Labute approximate surface area is 217 Å². The lowest BCUT2D eigenvalue weighted by Crippen LogP contribution is -2.58. The van der Waals surface area contributed by atoms with Gasteiger partial charge in [-0.3, -0.25) is 24.2 Å². The Kier molecular flexibility index (Phi) is 15.5. The lowest BCUT2D eigenvalue weighted by molar-refractivity contribution is -0.142. The first kappa shape index (κ1) is 33.6. The number of amides is 4. The number of hydrogen-bond acceptors (Lipinski definition) is 7. The largest absolute Gasteiger partial charge is 0.480 e. The first-order chi connectivity index (χ1) is 17.2. The van der Waals surface area contributed by atoms with Gasteiger partial charge in [0.05, 0.1) is 6.04 Å². The number of rotatable bonds is 18. The zero-order valence-electron chi connectivity index (χ0n) is 22.2. The van der Waals surface area contributed by atoms with E-state index in [9.17, 15) is 29.1 Å². The summed E-state index contributed by atoms with van der Waals surface area (Å²) in [5.74, 6) is -4.21. The number of primary amides is 1. The van der Waals surface area contributed by atoms with Crippen LogP contribution < -0.4 is 38.9 Å². The fourth-order valence-corrected chi connectivity index (χ4v) is 3.43. The molecule has 0 aromatic rings. The van der Waals surface area contributed by atoms with Gasteiger partial charge in [0.2, 0.25) is 23.6 Å². The summed E-state index contributed by atoms with van der Waals surface area (Å²) in [5, 5.41) is 17.1. The molecule has 0 saturated carbocycles. The number of carboxylic acid groups (broad SMARTS) is 1. The summed E-state index contributed by atoms with van der Waals surface area (Å²) >= 11 is 0. The van der Waals surface area contributed by atoms with E-state index in [0.717, 1.165) is 0 Å². The molecule has 0 aliphatic rings. The molecule has 4 amide bonds. The summed E-state index contributed by atoms with van der Waals surface area (Å²) < 4.78 is 0. The Morgan fingerprint density at radius 3 is 1.95 bits per heavy atom. The zero-order chi connectivity index (χ0) is 28.7. The Morgan fingerprint density at radius 1 is 0.865 bits per heavy atom. The number of aliphatic imine (C=N–C) groups is 1. The number of nitrogens with one attached hydrogen (secondary N) is 3. The van der Waals surface area contributed by atoms with E-state index in [1.165, 1.54) is 0 Å². The van der Waals surface area contributed by atoms with Crippen molar-refractivity contribution < 1.29 is 29.1 Å². The molecule has 0 fully saturated rings. The highest BCUT2D eigenvalue weighted by Crippen LogP contribution is 2.11. The average molecular weight is 529 g/mol. The maximum Gasteiger partial charge on any atom is 0.326 e. The maximum atomic E-state index is 13.2. The maximum absolute atomic E-state index is 13.2. The molecule has 0 aromatic heterocycles. The molecule has 0 bridgehead atoms. The summed E-state index contributed by atoms with van der Waals surface area (Å²) in [6, 6.07) is -4.34. The number of aliphatic carboxylic acids is 1. The van der Waals surface area contributed by atoms with Gasteiger partial charge in [-0.1, -0.05) is 34.1 Å². The Balaban J connectivity index is 5.70. The molecule has 0 saturated heterocycles. The van der Waals surface area contributed by atoms with Crippen LogP contribution in [0.5, 0.6) is 0 Å². The SMILES string of the molecule is CCC(C)C(NC(=O)C(N)CC(C)C)C(=O)NC(CCCN=C(N)N)C(=O)NC(CCC(N)=O)C(=O)O. The topological polar surface area (TPSA) is 258 Å². The van der Waals surface area contributed by atoms with Gasteiger partial charge in [0.15, 0.2) is 5.96 Å². The number of hydrogen-bond donors (Lipinski definition) is 8. The molecule has 0 aliphatic heterocycles. The number of nitrogens with zero attached hydrogens (tertiary/aromatic N) is 1. The molecule has 0 rings (SSSR count). The fraction of sp³-hybridized carbons (Fsp3) is 0.739. The molecular weight excluding hydrogens is 484 g/mol. The van der Waals surface area contributed by atoms with Crippen molar-refractivity contribution in [3.05, 3.63) is 0 Å². The van der Waals surface area contributed by atoms with E-state index in [-0.39, 0.29) is 50.0 Å². The van der Waals surface area contributed by atoms with E-state index in [0.29, 0.717) is 12.8 Å². The van der Waals surface area contributed by atoms with Crippen LogP contribution in [-0.4, -0.2) is 71.4 Å². The zero-order valence-corrected chi connectivity index (χ0v) is 22.2. The van der Waals surface area contributed by atoms with E-state index >= 15 is 0 Å². The van der Waals surface area contributed by atoms with Gasteiger partial charge in [-0.25, -0.2) is 4.79 Å². The third-order valence-electron chi connectivity index (χ3n) is 5.73. The van der Waals surface area contributed by atoms with Gasteiger partial charge in [0.25, 0.3) is 0 Å². The van der Waals surface area contributed by atoms with Crippen LogP contribution >= 0.6 is 0 Å². The molecule has 0 heterocycles. The van der Waals surface area contributed by atoms with Crippen LogP contribution in [0.15, 0.2) is 4.99 Å². The number of nitrogens with two attached hydrogens (primary N) is 4. The van der Waals surface area contributed by atoms with Gasteiger partial charge in [0, 0.05) is 13.0 Å². The summed E-state index contributed by atoms with van der Waals surface area (Å²) in [4.78, 5) is 65.3. The average Bonchev–Trinajstić information content (AvgIpc) is 2.79. The second-order valence-electron chi connectivity index (χ2n) is 9.52. The van der Waals surface area contributed by atoms with Gasteiger partial charge >= 0.3 is 5.97 Å². The van der Waals surface area contributed by atoms with E-state index in [1.807, 2.05) is 20.8 Å². The molecule has 5 unspecified atom stereocenters. The van der Waals surface area contributed by atoms with Crippen molar-refractivity contribution in [2.24, 2.45) is 39.8 Å². The highest BCUT2D eigenvalue weighted by molar-refractivity contribution is 5.94. The Morgan fingerprint density at radius 2 is 1.46 bits per heavy atom. The van der Waals surface area contributed by atoms with E-state index in [1.54, 1.807) is 6.92 Å². The van der Waals surface area contributed by atoms with Crippen molar-refractivity contribution >= 4 is 35.6 Å². The second kappa shape index (κ2) is 17.1. The first-order valence-corrected chi connectivity index (χ1v) is 12.4. The Bertz CT molecular complexity index is 815. The van der Waals surface area contributed by atoms with E-state index < -0.39 is 53.8 Å². The van der Waals surface area contributed by atoms with Crippen LogP contribution in [0.3, 0.4) is 0 Å². The van der Waals surface area contributed by atoms with Crippen molar-refractivity contribution in [3.8, 4) is 0 Å². The number of guanidine groups is 1. The second-order valence-corrected chi connectivity index (χ2v) is 9.52. The van der Waals surface area contributed by atoms with E-state index in [4.69, 9.17) is 22.9 Å². The van der Waals surface area contributed by atoms with Crippen LogP contribution in [0.2, 0.25) is 0 Å². The molecule has 0 radical (unpaired) electrons. The van der Waals surface area contributed by atoms with Crippen LogP contribution in [-0.2, 0) is 24.0 Å². The van der Waals surface area contributed by atoms with E-state index in [2.05, 4.69) is 20.9 Å². The summed E-state index contributed by atoms with van der Waals surface area (Å²) in [6.45, 7) is 7.63. The highest BCUT2D eigenvalue weighted by Gasteiger charge is 2.32. The molecule has 212 valence electrons. The monoisotopic (exact) mass is 528 g/mol. The quantitative estimate of drug-likeness (QED) is 0.0569. The number of carbonyl (C=O) groups excluding carboxylic acids is 4. The minimum atomic E-state index is -1.39. The highest BCUT2D eigenvalue weighted by atomic mass is 16.4. The number of carboxylic acids is 1. The van der Waals surface area contributed by atoms with Crippen molar-refractivity contribution in [2.75, 3.05) is 6.54 Å².